The quantitative estimate of drug-likeness (QED) is 0.275. The number of methoxy groups -OCH3 is 1. The molecule has 4 heteroatoms. The molecule has 0 bridgehead atoms. The molecule has 0 heterocycles. The van der Waals surface area contributed by atoms with Crippen LogP contribution in [0.4, 0.5) is 0 Å². The van der Waals surface area contributed by atoms with Crippen molar-refractivity contribution in [2.24, 2.45) is 0 Å². The molecule has 0 atom stereocenters. The van der Waals surface area contributed by atoms with Crippen LogP contribution in [0.2, 0.25) is 0 Å². The molecule has 0 saturated carbocycles. The Balaban J connectivity index is 3.73. The normalized spacial score (nSPS) is 12.7. The molecule has 0 aliphatic heterocycles. The first-order chi connectivity index (χ1) is 8.56. The largest absolute Gasteiger partial charge is 0.462 e. The van der Waals surface area contributed by atoms with Gasteiger partial charge >= 0.3 is 5.97 Å². The smallest absolute Gasteiger partial charge is 0.302 e. The molecule has 0 aliphatic carbocycles. The molecule has 0 radical (unpaired) electrons. The van der Waals surface area contributed by atoms with Crippen LogP contribution in [0, 0.1) is 0 Å². The lowest BCUT2D eigenvalue weighted by Crippen LogP contribution is -1.99. The van der Waals surface area contributed by atoms with Crippen LogP contribution in [0.1, 0.15) is 33.6 Å². The summed E-state index contributed by atoms with van der Waals surface area (Å²) < 4.78 is 14.9. The van der Waals surface area contributed by atoms with Crippen LogP contribution in [0.25, 0.3) is 0 Å². The molecule has 18 heavy (non-hydrogen) atoms. The van der Waals surface area contributed by atoms with Crippen molar-refractivity contribution in [3.8, 4) is 0 Å². The van der Waals surface area contributed by atoms with Gasteiger partial charge in [-0.25, -0.2) is 0 Å². The van der Waals surface area contributed by atoms with Gasteiger partial charge in [-0.1, -0.05) is 17.2 Å². The van der Waals surface area contributed by atoms with E-state index >= 15 is 0 Å². The molecule has 0 fully saturated rings. The van der Waals surface area contributed by atoms with Gasteiger partial charge in [0.2, 0.25) is 0 Å². The van der Waals surface area contributed by atoms with Crippen molar-refractivity contribution in [3.63, 3.8) is 0 Å². The van der Waals surface area contributed by atoms with Crippen LogP contribution in [-0.2, 0) is 19.0 Å². The number of rotatable bonds is 9. The van der Waals surface area contributed by atoms with Crippen molar-refractivity contribution in [3.05, 3.63) is 23.3 Å². The molecule has 0 aromatic heterocycles. The third-order valence-corrected chi connectivity index (χ3v) is 2.28. The highest BCUT2D eigenvalue weighted by Gasteiger charge is 1.93. The zero-order valence-electron chi connectivity index (χ0n) is 11.8. The summed E-state index contributed by atoms with van der Waals surface area (Å²) in [5.74, 6) is -0.245. The summed E-state index contributed by atoms with van der Waals surface area (Å²) in [5, 5.41) is 0. The highest BCUT2D eigenvalue weighted by Crippen LogP contribution is 2.07. The Labute approximate surface area is 110 Å². The van der Waals surface area contributed by atoms with Gasteiger partial charge in [-0.05, 0) is 32.8 Å². The summed E-state index contributed by atoms with van der Waals surface area (Å²) in [6.07, 6.45) is 6.01. The second kappa shape index (κ2) is 11.0. The average molecular weight is 256 g/mol. The lowest BCUT2D eigenvalue weighted by Gasteiger charge is -2.03. The zero-order chi connectivity index (χ0) is 13.8. The minimum Gasteiger partial charge on any atom is -0.462 e. The van der Waals surface area contributed by atoms with Gasteiger partial charge in [-0.3, -0.25) is 4.79 Å². The molecule has 0 saturated heterocycles. The second-order valence-electron chi connectivity index (χ2n) is 4.20. The predicted octanol–water partition coefficient (Wildman–Crippen LogP) is 2.84. The van der Waals surface area contributed by atoms with Crippen LogP contribution in [0.5, 0.6) is 0 Å². The first-order valence-corrected chi connectivity index (χ1v) is 6.07. The molecule has 4 nitrogen and oxygen atoms in total. The minimum absolute atomic E-state index is 0.245. The van der Waals surface area contributed by atoms with Crippen LogP contribution in [0.15, 0.2) is 23.3 Å². The highest BCUT2D eigenvalue weighted by molar-refractivity contribution is 5.66. The summed E-state index contributed by atoms with van der Waals surface area (Å²) in [6, 6.07) is 0. The Bertz CT molecular complexity index is 292. The van der Waals surface area contributed by atoms with Gasteiger partial charge in [0.05, 0.1) is 6.61 Å². The maximum atomic E-state index is 10.6. The molecule has 104 valence electrons. The van der Waals surface area contributed by atoms with Crippen LogP contribution < -0.4 is 0 Å². The molecule has 0 amide bonds. The van der Waals surface area contributed by atoms with Gasteiger partial charge in [0.1, 0.15) is 13.4 Å². The van der Waals surface area contributed by atoms with Crippen molar-refractivity contribution in [2.45, 2.75) is 33.6 Å². The van der Waals surface area contributed by atoms with E-state index < -0.39 is 0 Å². The Kier molecular flexibility index (Phi) is 10.3. The zero-order valence-corrected chi connectivity index (χ0v) is 11.8. The van der Waals surface area contributed by atoms with E-state index in [9.17, 15) is 4.79 Å². The van der Waals surface area contributed by atoms with Crippen molar-refractivity contribution in [1.29, 1.82) is 0 Å². The fourth-order valence-electron chi connectivity index (χ4n) is 1.29. The van der Waals surface area contributed by atoms with Crippen molar-refractivity contribution >= 4 is 5.97 Å². The predicted molar refractivity (Wildman–Crippen MR) is 71.2 cm³/mol. The topological polar surface area (TPSA) is 44.8 Å². The fraction of sp³-hybridized carbons (Fsp3) is 0.643. The number of esters is 1. The van der Waals surface area contributed by atoms with Crippen molar-refractivity contribution in [1.82, 2.24) is 0 Å². The Morgan fingerprint density at radius 2 is 1.83 bits per heavy atom. The summed E-state index contributed by atoms with van der Waals surface area (Å²) in [5.41, 5.74) is 2.41. The van der Waals surface area contributed by atoms with Gasteiger partial charge < -0.3 is 14.2 Å². The van der Waals surface area contributed by atoms with Crippen LogP contribution >= 0.6 is 0 Å². The number of allylic oxidation sites excluding steroid dienone is 2. The Morgan fingerprint density at radius 1 is 1.11 bits per heavy atom. The maximum absolute atomic E-state index is 10.6. The molecule has 0 aromatic carbocycles. The maximum Gasteiger partial charge on any atom is 0.302 e. The summed E-state index contributed by atoms with van der Waals surface area (Å²) >= 11 is 0. The van der Waals surface area contributed by atoms with E-state index in [1.54, 1.807) is 7.11 Å². The van der Waals surface area contributed by atoms with Gasteiger partial charge in [0.15, 0.2) is 0 Å². The number of hydrogen-bond donors (Lipinski definition) is 0. The highest BCUT2D eigenvalue weighted by atomic mass is 16.7. The summed E-state index contributed by atoms with van der Waals surface area (Å²) in [7, 11) is 1.61. The third-order valence-electron chi connectivity index (χ3n) is 2.28. The van der Waals surface area contributed by atoms with Crippen LogP contribution in [0.3, 0.4) is 0 Å². The minimum atomic E-state index is -0.245. The number of carbonyl (C=O) groups is 1. The van der Waals surface area contributed by atoms with Crippen LogP contribution in [-0.4, -0.2) is 33.1 Å². The van der Waals surface area contributed by atoms with E-state index in [0.29, 0.717) is 20.0 Å². The standard InChI is InChI=1S/C14H24O4/c1-12(8-9-18-14(3)15)6-5-7-13(2)10-17-11-16-4/h7-8H,5-6,9-11H2,1-4H3. The summed E-state index contributed by atoms with van der Waals surface area (Å²) in [6.45, 7) is 6.77. The van der Waals surface area contributed by atoms with Crippen molar-refractivity contribution < 1.29 is 19.0 Å². The van der Waals surface area contributed by atoms with Gasteiger partial charge in [0, 0.05) is 14.0 Å². The molecule has 0 aromatic rings. The SMILES string of the molecule is COCOCC(C)=CCCC(C)=CCOC(C)=O. The van der Waals surface area contributed by atoms with E-state index in [1.165, 1.54) is 18.1 Å². The lowest BCUT2D eigenvalue weighted by molar-refractivity contribution is -0.139. The first kappa shape index (κ1) is 16.9. The van der Waals surface area contributed by atoms with Gasteiger partial charge in [-0.2, -0.15) is 0 Å². The Morgan fingerprint density at radius 3 is 2.44 bits per heavy atom. The Hall–Kier alpha value is -1.13. The second-order valence-corrected chi connectivity index (χ2v) is 4.20. The molecule has 0 rings (SSSR count). The molecule has 0 aliphatic rings. The number of ether oxygens (including phenoxy) is 3. The average Bonchev–Trinajstić information content (AvgIpc) is 2.29. The molecule has 0 N–H and O–H groups in total. The number of carbonyl (C=O) groups excluding carboxylic acids is 1. The first-order valence-electron chi connectivity index (χ1n) is 6.07. The molecular weight excluding hydrogens is 232 g/mol. The van der Waals surface area contributed by atoms with E-state index in [0.717, 1.165) is 12.8 Å². The molecular formula is C14H24O4. The van der Waals surface area contributed by atoms with Crippen molar-refractivity contribution in [2.75, 3.05) is 27.1 Å². The monoisotopic (exact) mass is 256 g/mol. The molecule has 0 spiro atoms. The molecule has 0 unspecified atom stereocenters. The third kappa shape index (κ3) is 11.4. The van der Waals surface area contributed by atoms with E-state index in [4.69, 9.17) is 14.2 Å². The van der Waals surface area contributed by atoms with Gasteiger partial charge in [0.25, 0.3) is 0 Å². The number of hydrogen-bond acceptors (Lipinski definition) is 4. The van der Waals surface area contributed by atoms with E-state index in [2.05, 4.69) is 6.08 Å². The fourth-order valence-corrected chi connectivity index (χ4v) is 1.29. The van der Waals surface area contributed by atoms with E-state index in [-0.39, 0.29) is 5.97 Å². The lowest BCUT2D eigenvalue weighted by atomic mass is 10.1. The van der Waals surface area contributed by atoms with E-state index in [1.807, 2.05) is 19.9 Å². The summed E-state index contributed by atoms with van der Waals surface area (Å²) in [4.78, 5) is 10.6. The van der Waals surface area contributed by atoms with Gasteiger partial charge in [-0.15, -0.1) is 0 Å².